The second-order valence-corrected chi connectivity index (χ2v) is 6.63. The molecule has 2 rings (SSSR count). The van der Waals surface area contributed by atoms with Crippen LogP contribution in [0, 0.1) is 0 Å². The molecule has 1 unspecified atom stereocenters. The lowest BCUT2D eigenvalue weighted by Crippen LogP contribution is -2.21. The van der Waals surface area contributed by atoms with Crippen LogP contribution >= 0.6 is 24.0 Å². The highest BCUT2D eigenvalue weighted by Crippen LogP contribution is 2.37. The third-order valence-electron chi connectivity index (χ3n) is 4.06. The van der Waals surface area contributed by atoms with Crippen molar-refractivity contribution in [1.29, 1.82) is 0 Å². The van der Waals surface area contributed by atoms with Crippen molar-refractivity contribution in [3.8, 4) is 11.5 Å². The molecule has 0 spiro atoms. The summed E-state index contributed by atoms with van der Waals surface area (Å²) in [5, 5.41) is 3.98. The van der Waals surface area contributed by atoms with Crippen LogP contribution in [0.25, 0.3) is 0 Å². The first-order chi connectivity index (χ1) is 13.0. The Balaban J connectivity index is 0.00000392. The van der Waals surface area contributed by atoms with Crippen LogP contribution in [0.5, 0.6) is 11.5 Å². The molecule has 0 fully saturated rings. The van der Waals surface area contributed by atoms with Crippen molar-refractivity contribution in [2.24, 2.45) is 5.73 Å². The van der Waals surface area contributed by atoms with Gasteiger partial charge in [0, 0.05) is 12.6 Å². The molecule has 0 aliphatic carbocycles. The largest absolute Gasteiger partial charge is 0.490 e. The first-order valence-corrected chi connectivity index (χ1v) is 9.57. The summed E-state index contributed by atoms with van der Waals surface area (Å²) in [6.07, 6.45) is 2.12. The van der Waals surface area contributed by atoms with E-state index in [0.717, 1.165) is 18.4 Å². The molecule has 7 heteroatoms. The number of halogens is 2. The van der Waals surface area contributed by atoms with Crippen molar-refractivity contribution in [2.75, 3.05) is 13.2 Å². The summed E-state index contributed by atoms with van der Waals surface area (Å²) < 4.78 is 11.1. The number of ether oxygens (including phenoxy) is 2. The molecule has 0 saturated carbocycles. The fraction of sp³-hybridized carbons (Fsp3) is 0.381. The Hall–Kier alpha value is -1.95. The number of primary amides is 1. The van der Waals surface area contributed by atoms with E-state index in [1.807, 2.05) is 25.1 Å². The van der Waals surface area contributed by atoms with Gasteiger partial charge in [0.2, 0.25) is 0 Å². The van der Waals surface area contributed by atoms with Gasteiger partial charge in [-0.2, -0.15) is 0 Å². The van der Waals surface area contributed by atoms with Gasteiger partial charge in [0.1, 0.15) is 0 Å². The minimum Gasteiger partial charge on any atom is -0.490 e. The van der Waals surface area contributed by atoms with Crippen molar-refractivity contribution in [1.82, 2.24) is 5.32 Å². The van der Waals surface area contributed by atoms with Gasteiger partial charge in [-0.3, -0.25) is 4.79 Å². The van der Waals surface area contributed by atoms with E-state index in [0.29, 0.717) is 29.7 Å². The van der Waals surface area contributed by atoms with E-state index >= 15 is 0 Å². The van der Waals surface area contributed by atoms with Gasteiger partial charge in [-0.25, -0.2) is 0 Å². The van der Waals surface area contributed by atoms with Gasteiger partial charge in [0.25, 0.3) is 5.91 Å². The molecule has 3 N–H and O–H groups in total. The summed E-state index contributed by atoms with van der Waals surface area (Å²) in [7, 11) is 0. The molecular weight excluding hydrogens is 399 g/mol. The standard InChI is InChI=1S/C21H27ClN2O3.ClH/c1-3-8-18(16-9-6-5-7-10-16)24-13-15-11-17(22)21(27-14-20(23)25)19(12-15)26-4-2;/h5-7,9-12,18,24H,3-4,8,13-14H2,1-2H3,(H2,23,25);1H. The molecule has 0 aliphatic heterocycles. The molecule has 0 bridgehead atoms. The van der Waals surface area contributed by atoms with Gasteiger partial charge in [-0.05, 0) is 36.6 Å². The van der Waals surface area contributed by atoms with E-state index in [1.54, 1.807) is 0 Å². The van der Waals surface area contributed by atoms with Crippen molar-refractivity contribution < 1.29 is 14.3 Å². The molecule has 5 nitrogen and oxygen atoms in total. The van der Waals surface area contributed by atoms with Crippen molar-refractivity contribution in [3.05, 3.63) is 58.6 Å². The second-order valence-electron chi connectivity index (χ2n) is 6.23. The van der Waals surface area contributed by atoms with E-state index in [9.17, 15) is 4.79 Å². The van der Waals surface area contributed by atoms with E-state index < -0.39 is 5.91 Å². The topological polar surface area (TPSA) is 73.6 Å². The molecule has 0 aliphatic rings. The predicted octanol–water partition coefficient (Wildman–Crippen LogP) is 4.66. The molecule has 1 amide bonds. The Kier molecular flexibility index (Phi) is 10.8. The number of carbonyl (C=O) groups is 1. The average molecular weight is 427 g/mol. The Bertz CT molecular complexity index is 742. The quantitative estimate of drug-likeness (QED) is 0.547. The number of nitrogens with two attached hydrogens (primary N) is 1. The lowest BCUT2D eigenvalue weighted by Gasteiger charge is -2.20. The van der Waals surface area contributed by atoms with Crippen LogP contribution in [-0.4, -0.2) is 19.1 Å². The summed E-state index contributed by atoms with van der Waals surface area (Å²) in [5.74, 6) is 0.286. The van der Waals surface area contributed by atoms with E-state index in [-0.39, 0.29) is 25.1 Å². The first-order valence-electron chi connectivity index (χ1n) is 9.19. The molecule has 28 heavy (non-hydrogen) atoms. The van der Waals surface area contributed by atoms with Crippen LogP contribution in [0.3, 0.4) is 0 Å². The minimum atomic E-state index is -0.565. The Morgan fingerprint density at radius 3 is 2.50 bits per heavy atom. The lowest BCUT2D eigenvalue weighted by atomic mass is 10.0. The fourth-order valence-electron chi connectivity index (χ4n) is 2.87. The highest BCUT2D eigenvalue weighted by molar-refractivity contribution is 6.32. The third kappa shape index (κ3) is 7.23. The van der Waals surface area contributed by atoms with E-state index in [4.69, 9.17) is 26.8 Å². The maximum Gasteiger partial charge on any atom is 0.255 e. The molecule has 2 aromatic carbocycles. The predicted molar refractivity (Wildman–Crippen MR) is 115 cm³/mol. The van der Waals surface area contributed by atoms with Gasteiger partial charge in [-0.1, -0.05) is 55.3 Å². The Labute approximate surface area is 178 Å². The van der Waals surface area contributed by atoms with Crippen LogP contribution in [0.15, 0.2) is 42.5 Å². The highest BCUT2D eigenvalue weighted by atomic mass is 35.5. The molecule has 2 aromatic rings. The summed E-state index contributed by atoms with van der Waals surface area (Å²) in [6.45, 7) is 4.90. The van der Waals surface area contributed by atoms with Crippen LogP contribution in [0.2, 0.25) is 5.02 Å². The molecule has 154 valence electrons. The average Bonchev–Trinajstić information content (AvgIpc) is 2.65. The lowest BCUT2D eigenvalue weighted by molar-refractivity contribution is -0.119. The maximum atomic E-state index is 11.0. The van der Waals surface area contributed by atoms with Gasteiger partial charge >= 0.3 is 0 Å². The van der Waals surface area contributed by atoms with Crippen LogP contribution in [0.1, 0.15) is 43.9 Å². The SMILES string of the molecule is CCCC(NCc1cc(Cl)c(OCC(N)=O)c(OCC)c1)c1ccccc1.Cl. The van der Waals surface area contributed by atoms with Crippen molar-refractivity contribution in [3.63, 3.8) is 0 Å². The van der Waals surface area contributed by atoms with Crippen molar-refractivity contribution >= 4 is 29.9 Å². The van der Waals surface area contributed by atoms with E-state index in [2.05, 4.69) is 36.5 Å². The minimum absolute atomic E-state index is 0. The summed E-state index contributed by atoms with van der Waals surface area (Å²) in [6, 6.07) is 14.3. The van der Waals surface area contributed by atoms with E-state index in [1.165, 1.54) is 5.56 Å². The van der Waals surface area contributed by atoms with Gasteiger partial charge < -0.3 is 20.5 Å². The zero-order chi connectivity index (χ0) is 19.6. The van der Waals surface area contributed by atoms with Gasteiger partial charge in [0.15, 0.2) is 18.1 Å². The zero-order valence-corrected chi connectivity index (χ0v) is 17.8. The summed E-state index contributed by atoms with van der Waals surface area (Å²) >= 11 is 6.36. The highest BCUT2D eigenvalue weighted by Gasteiger charge is 2.15. The second kappa shape index (κ2) is 12.5. The van der Waals surface area contributed by atoms with Crippen LogP contribution in [-0.2, 0) is 11.3 Å². The van der Waals surface area contributed by atoms with Gasteiger partial charge in [0.05, 0.1) is 11.6 Å². The van der Waals surface area contributed by atoms with Crippen LogP contribution in [0.4, 0.5) is 0 Å². The number of rotatable bonds is 11. The van der Waals surface area contributed by atoms with Gasteiger partial charge in [-0.15, -0.1) is 12.4 Å². The monoisotopic (exact) mass is 426 g/mol. The molecule has 0 radical (unpaired) electrons. The summed E-state index contributed by atoms with van der Waals surface area (Å²) in [4.78, 5) is 11.0. The normalized spacial score (nSPS) is 11.4. The van der Waals surface area contributed by atoms with Crippen molar-refractivity contribution in [2.45, 2.75) is 39.3 Å². The fourth-order valence-corrected chi connectivity index (χ4v) is 3.16. The molecule has 0 aromatic heterocycles. The molecule has 0 saturated heterocycles. The first kappa shape index (κ1) is 24.1. The number of hydrogen-bond acceptors (Lipinski definition) is 4. The van der Waals surface area contributed by atoms with Crippen LogP contribution < -0.4 is 20.5 Å². The number of hydrogen-bond donors (Lipinski definition) is 2. The molecule has 0 heterocycles. The number of carbonyl (C=O) groups excluding carboxylic acids is 1. The third-order valence-corrected chi connectivity index (χ3v) is 4.34. The molecule has 1 atom stereocenters. The zero-order valence-electron chi connectivity index (χ0n) is 16.2. The Morgan fingerprint density at radius 2 is 1.89 bits per heavy atom. The smallest absolute Gasteiger partial charge is 0.255 e. The maximum absolute atomic E-state index is 11.0. The number of benzene rings is 2. The number of amides is 1. The molecular formula is C21H28Cl2N2O3. The summed E-state index contributed by atoms with van der Waals surface area (Å²) in [5.41, 5.74) is 7.39. The number of nitrogens with one attached hydrogen (secondary N) is 1. The Morgan fingerprint density at radius 1 is 1.18 bits per heavy atom.